The van der Waals surface area contributed by atoms with Crippen LogP contribution in [-0.2, 0) is 0 Å². The van der Waals surface area contributed by atoms with Crippen molar-refractivity contribution in [1.82, 2.24) is 14.3 Å². The minimum absolute atomic E-state index is 0.0316. The molecule has 1 aliphatic heterocycles. The van der Waals surface area contributed by atoms with E-state index in [1.165, 1.54) is 28.3 Å². The van der Waals surface area contributed by atoms with Crippen LogP contribution in [0.2, 0.25) is 0 Å². The molecule has 0 spiro atoms. The highest BCUT2D eigenvalue weighted by Crippen LogP contribution is 2.32. The van der Waals surface area contributed by atoms with Crippen LogP contribution in [0.5, 0.6) is 0 Å². The summed E-state index contributed by atoms with van der Waals surface area (Å²) in [5.41, 5.74) is 12.1. The lowest BCUT2D eigenvalue weighted by molar-refractivity contribution is 0.0752. The molecule has 6 nitrogen and oxygen atoms in total. The van der Waals surface area contributed by atoms with Gasteiger partial charge in [-0.3, -0.25) is 9.78 Å². The molecule has 1 aliphatic rings. The van der Waals surface area contributed by atoms with Crippen LogP contribution in [0, 0.1) is 13.8 Å². The molecule has 4 rings (SSSR count). The zero-order valence-electron chi connectivity index (χ0n) is 16.1. The molecule has 2 N–H and O–H groups in total. The molecule has 1 amide bonds. The number of nitrogen functional groups attached to an aromatic ring is 1. The Labute approximate surface area is 168 Å². The second-order valence-corrected chi connectivity index (χ2v) is 7.78. The molecule has 0 atom stereocenters. The summed E-state index contributed by atoms with van der Waals surface area (Å²) in [5, 5.41) is 0. The average molecular weight is 394 g/mol. The number of piperazine rings is 1. The SMILES string of the molecule is Cc1cccc(N2CCN(C(=O)c3snc(-c4ccncc4)c3N)CC2)c1C. The third-order valence-corrected chi connectivity index (χ3v) is 6.21. The lowest BCUT2D eigenvalue weighted by atomic mass is 10.1. The second-order valence-electron chi connectivity index (χ2n) is 7.01. The molecule has 2 aromatic heterocycles. The van der Waals surface area contributed by atoms with Gasteiger partial charge in [0, 0.05) is 49.8 Å². The van der Waals surface area contributed by atoms with Gasteiger partial charge >= 0.3 is 0 Å². The molecule has 3 heterocycles. The second kappa shape index (κ2) is 7.59. The van der Waals surface area contributed by atoms with Crippen LogP contribution >= 0.6 is 11.5 Å². The fourth-order valence-corrected chi connectivity index (χ4v) is 4.33. The Balaban J connectivity index is 1.48. The van der Waals surface area contributed by atoms with Gasteiger partial charge in [0.05, 0.1) is 5.69 Å². The van der Waals surface area contributed by atoms with Gasteiger partial charge in [-0.2, -0.15) is 4.37 Å². The number of pyridine rings is 1. The van der Waals surface area contributed by atoms with Crippen LogP contribution < -0.4 is 10.6 Å². The molecule has 1 aromatic carbocycles. The van der Waals surface area contributed by atoms with Gasteiger partial charge in [0.25, 0.3) is 5.91 Å². The number of carbonyl (C=O) groups is 1. The Bertz CT molecular complexity index is 993. The van der Waals surface area contributed by atoms with Crippen LogP contribution in [0.4, 0.5) is 11.4 Å². The lowest BCUT2D eigenvalue weighted by Gasteiger charge is -2.36. The van der Waals surface area contributed by atoms with E-state index in [1.807, 2.05) is 17.0 Å². The van der Waals surface area contributed by atoms with Crippen LogP contribution in [0.3, 0.4) is 0 Å². The number of hydrogen-bond acceptors (Lipinski definition) is 6. The van der Waals surface area contributed by atoms with E-state index in [9.17, 15) is 4.79 Å². The molecule has 1 fully saturated rings. The molecule has 0 aliphatic carbocycles. The quantitative estimate of drug-likeness (QED) is 0.738. The molecular formula is C21H23N5OS. The number of aryl methyl sites for hydroxylation is 1. The summed E-state index contributed by atoms with van der Waals surface area (Å²) in [6.07, 6.45) is 3.39. The van der Waals surface area contributed by atoms with E-state index >= 15 is 0 Å². The number of rotatable bonds is 3. The minimum Gasteiger partial charge on any atom is -0.396 e. The first-order valence-electron chi connectivity index (χ1n) is 9.32. The van der Waals surface area contributed by atoms with Crippen LogP contribution in [0.1, 0.15) is 20.8 Å². The number of carbonyl (C=O) groups excluding carboxylic acids is 1. The molecule has 144 valence electrons. The van der Waals surface area contributed by atoms with Crippen LogP contribution in [0.15, 0.2) is 42.7 Å². The molecule has 0 bridgehead atoms. The van der Waals surface area contributed by atoms with Gasteiger partial charge in [0.15, 0.2) is 0 Å². The predicted molar refractivity (Wildman–Crippen MR) is 114 cm³/mol. The monoisotopic (exact) mass is 393 g/mol. The fraction of sp³-hybridized carbons (Fsp3) is 0.286. The molecule has 3 aromatic rings. The third kappa shape index (κ3) is 3.33. The highest BCUT2D eigenvalue weighted by atomic mass is 32.1. The largest absolute Gasteiger partial charge is 0.396 e. The van der Waals surface area contributed by atoms with Crippen molar-refractivity contribution in [3.8, 4) is 11.3 Å². The Kier molecular flexibility index (Phi) is 5.00. The molecule has 7 heteroatoms. The number of aromatic nitrogens is 2. The maximum Gasteiger partial charge on any atom is 0.267 e. The predicted octanol–water partition coefficient (Wildman–Crippen LogP) is 3.37. The lowest BCUT2D eigenvalue weighted by Crippen LogP contribution is -2.49. The summed E-state index contributed by atoms with van der Waals surface area (Å²) in [4.78, 5) is 21.8. The topological polar surface area (TPSA) is 75.3 Å². The van der Waals surface area contributed by atoms with Crippen molar-refractivity contribution in [3.05, 3.63) is 58.7 Å². The van der Waals surface area contributed by atoms with E-state index in [1.54, 1.807) is 12.4 Å². The van der Waals surface area contributed by atoms with Crippen LogP contribution in [-0.4, -0.2) is 46.3 Å². The molecule has 1 saturated heterocycles. The van der Waals surface area contributed by atoms with Crippen molar-refractivity contribution in [3.63, 3.8) is 0 Å². The Morgan fingerprint density at radius 2 is 1.79 bits per heavy atom. The van der Waals surface area contributed by atoms with Gasteiger partial charge in [-0.1, -0.05) is 12.1 Å². The Morgan fingerprint density at radius 1 is 1.07 bits per heavy atom. The first-order valence-corrected chi connectivity index (χ1v) is 10.1. The first-order chi connectivity index (χ1) is 13.6. The standard InChI is InChI=1S/C21H23N5OS/c1-14-4-3-5-17(15(14)2)25-10-12-26(13-11-25)21(27)20-18(22)19(24-28-20)16-6-8-23-9-7-16/h3-9H,10-13,22H2,1-2H3. The van der Waals surface area contributed by atoms with Crippen molar-refractivity contribution in [2.45, 2.75) is 13.8 Å². The summed E-state index contributed by atoms with van der Waals surface area (Å²) < 4.78 is 4.42. The zero-order valence-corrected chi connectivity index (χ0v) is 16.9. The van der Waals surface area contributed by atoms with E-state index in [0.717, 1.165) is 18.7 Å². The summed E-state index contributed by atoms with van der Waals surface area (Å²) in [7, 11) is 0. The maximum absolute atomic E-state index is 13.0. The van der Waals surface area contributed by atoms with Crippen molar-refractivity contribution in [1.29, 1.82) is 0 Å². The minimum atomic E-state index is -0.0316. The smallest absolute Gasteiger partial charge is 0.267 e. The summed E-state index contributed by atoms with van der Waals surface area (Å²) in [6.45, 7) is 7.26. The average Bonchev–Trinajstić information content (AvgIpc) is 3.11. The summed E-state index contributed by atoms with van der Waals surface area (Å²) >= 11 is 1.17. The molecule has 0 saturated carbocycles. The molecule has 0 radical (unpaired) electrons. The van der Waals surface area contributed by atoms with Crippen LogP contribution in [0.25, 0.3) is 11.3 Å². The number of nitrogens with zero attached hydrogens (tertiary/aromatic N) is 4. The fourth-order valence-electron chi connectivity index (χ4n) is 3.54. The number of benzene rings is 1. The molecular weight excluding hydrogens is 370 g/mol. The van der Waals surface area contributed by atoms with Gasteiger partial charge in [0.1, 0.15) is 10.6 Å². The van der Waals surface area contributed by atoms with E-state index in [0.29, 0.717) is 29.3 Å². The molecule has 28 heavy (non-hydrogen) atoms. The van der Waals surface area contributed by atoms with E-state index in [4.69, 9.17) is 5.73 Å². The molecule has 0 unspecified atom stereocenters. The number of amides is 1. The van der Waals surface area contributed by atoms with Gasteiger partial charge in [-0.25, -0.2) is 0 Å². The van der Waals surface area contributed by atoms with Crippen molar-refractivity contribution >= 4 is 28.8 Å². The number of nitrogens with two attached hydrogens (primary N) is 1. The van der Waals surface area contributed by atoms with Gasteiger partial charge in [-0.15, -0.1) is 0 Å². The number of hydrogen-bond donors (Lipinski definition) is 1. The van der Waals surface area contributed by atoms with E-state index in [2.05, 4.69) is 46.3 Å². The third-order valence-electron chi connectivity index (χ3n) is 5.36. The summed E-state index contributed by atoms with van der Waals surface area (Å²) in [6, 6.07) is 10.1. The van der Waals surface area contributed by atoms with Crippen molar-refractivity contribution < 1.29 is 4.79 Å². The Hall–Kier alpha value is -2.93. The van der Waals surface area contributed by atoms with Gasteiger partial charge in [0.2, 0.25) is 0 Å². The highest BCUT2D eigenvalue weighted by molar-refractivity contribution is 7.09. The first kappa shape index (κ1) is 18.4. The van der Waals surface area contributed by atoms with Gasteiger partial charge < -0.3 is 15.5 Å². The normalized spacial score (nSPS) is 14.4. The van der Waals surface area contributed by atoms with Crippen molar-refractivity contribution in [2.75, 3.05) is 36.8 Å². The van der Waals surface area contributed by atoms with Gasteiger partial charge in [-0.05, 0) is 54.7 Å². The summed E-state index contributed by atoms with van der Waals surface area (Å²) in [5.74, 6) is -0.0316. The Morgan fingerprint density at radius 3 is 2.50 bits per heavy atom. The zero-order chi connectivity index (χ0) is 19.7. The van der Waals surface area contributed by atoms with E-state index < -0.39 is 0 Å². The van der Waals surface area contributed by atoms with Crippen molar-refractivity contribution in [2.24, 2.45) is 0 Å². The number of anilines is 2. The maximum atomic E-state index is 13.0. The van der Waals surface area contributed by atoms with E-state index in [-0.39, 0.29) is 5.91 Å². The highest BCUT2D eigenvalue weighted by Gasteiger charge is 2.27.